The number of nitrogens with one attached hydrogen (secondary N) is 4. The molecule has 8 heteroatoms. The quantitative estimate of drug-likeness (QED) is 0.496. The molecule has 4 N–H and O–H groups in total. The molecule has 2 fully saturated rings. The number of urea groups is 1. The van der Waals surface area contributed by atoms with Gasteiger partial charge in [0.15, 0.2) is 0 Å². The lowest BCUT2D eigenvalue weighted by molar-refractivity contribution is -0.120. The molecular formula is C16H32ClN5O2. The first-order valence-electron chi connectivity index (χ1n) is 8.98. The topological polar surface area (TPSA) is 85.5 Å². The van der Waals surface area contributed by atoms with Gasteiger partial charge in [-0.15, -0.1) is 12.4 Å². The van der Waals surface area contributed by atoms with Crippen molar-refractivity contribution in [1.29, 1.82) is 0 Å². The zero-order chi connectivity index (χ0) is 16.3. The molecule has 1 saturated heterocycles. The van der Waals surface area contributed by atoms with E-state index in [1.54, 1.807) is 0 Å². The highest BCUT2D eigenvalue weighted by atomic mass is 35.5. The van der Waals surface area contributed by atoms with Crippen LogP contribution in [-0.4, -0.2) is 68.7 Å². The van der Waals surface area contributed by atoms with Crippen LogP contribution in [0, 0.1) is 0 Å². The van der Waals surface area contributed by atoms with Gasteiger partial charge in [0.2, 0.25) is 5.91 Å². The Bertz CT molecular complexity index is 371. The van der Waals surface area contributed by atoms with Crippen molar-refractivity contribution in [3.05, 3.63) is 0 Å². The SMILES string of the molecule is Cl.O=C(CNC(=O)NC1CCCCC1)NCCCN1CCNCC1. The number of rotatable bonds is 7. The predicted octanol–water partition coefficient (Wildman–Crippen LogP) is 0.452. The molecule has 140 valence electrons. The Hall–Kier alpha value is -1.05. The zero-order valence-corrected chi connectivity index (χ0v) is 15.3. The molecule has 1 saturated carbocycles. The van der Waals surface area contributed by atoms with E-state index < -0.39 is 0 Å². The smallest absolute Gasteiger partial charge is 0.315 e. The summed E-state index contributed by atoms with van der Waals surface area (Å²) in [5.74, 6) is -0.121. The van der Waals surface area contributed by atoms with Gasteiger partial charge in [-0.1, -0.05) is 19.3 Å². The minimum absolute atomic E-state index is 0. The van der Waals surface area contributed by atoms with Crippen LogP contribution in [0.4, 0.5) is 4.79 Å². The highest BCUT2D eigenvalue weighted by Gasteiger charge is 2.15. The average Bonchev–Trinajstić information content (AvgIpc) is 2.59. The lowest BCUT2D eigenvalue weighted by Crippen LogP contribution is -2.46. The third-order valence-electron chi connectivity index (χ3n) is 4.53. The first-order valence-corrected chi connectivity index (χ1v) is 8.98. The van der Waals surface area contributed by atoms with Crippen LogP contribution >= 0.6 is 12.4 Å². The molecule has 3 amide bonds. The first-order chi connectivity index (χ1) is 11.2. The van der Waals surface area contributed by atoms with Crippen LogP contribution in [0.1, 0.15) is 38.5 Å². The summed E-state index contributed by atoms with van der Waals surface area (Å²) in [7, 11) is 0. The second-order valence-corrected chi connectivity index (χ2v) is 6.46. The number of hydrogen-bond donors (Lipinski definition) is 4. The third-order valence-corrected chi connectivity index (χ3v) is 4.53. The fraction of sp³-hybridized carbons (Fsp3) is 0.875. The minimum Gasteiger partial charge on any atom is -0.355 e. The molecule has 0 bridgehead atoms. The molecule has 2 rings (SSSR count). The molecule has 24 heavy (non-hydrogen) atoms. The molecule has 0 unspecified atom stereocenters. The fourth-order valence-corrected chi connectivity index (χ4v) is 3.17. The normalized spacial score (nSPS) is 19.2. The lowest BCUT2D eigenvalue weighted by atomic mass is 9.96. The Morgan fingerprint density at radius 3 is 2.46 bits per heavy atom. The Kier molecular flexibility index (Phi) is 10.8. The summed E-state index contributed by atoms with van der Waals surface area (Å²) in [6.45, 7) is 5.98. The summed E-state index contributed by atoms with van der Waals surface area (Å²) in [6.07, 6.45) is 6.66. The van der Waals surface area contributed by atoms with Crippen molar-refractivity contribution in [2.24, 2.45) is 0 Å². The van der Waals surface area contributed by atoms with Gasteiger partial charge in [-0.25, -0.2) is 4.79 Å². The molecule has 1 aliphatic carbocycles. The van der Waals surface area contributed by atoms with Gasteiger partial charge >= 0.3 is 6.03 Å². The highest BCUT2D eigenvalue weighted by molar-refractivity contribution is 5.85. The van der Waals surface area contributed by atoms with E-state index >= 15 is 0 Å². The van der Waals surface area contributed by atoms with E-state index in [0.717, 1.165) is 52.0 Å². The van der Waals surface area contributed by atoms with Gasteiger partial charge in [-0.3, -0.25) is 4.79 Å². The maximum absolute atomic E-state index is 11.7. The minimum atomic E-state index is -0.229. The van der Waals surface area contributed by atoms with E-state index in [0.29, 0.717) is 6.54 Å². The molecule has 1 aliphatic heterocycles. The monoisotopic (exact) mass is 361 g/mol. The Labute approximate surface area is 151 Å². The molecule has 2 aliphatic rings. The van der Waals surface area contributed by atoms with E-state index in [1.807, 2.05) is 0 Å². The third kappa shape index (κ3) is 8.70. The molecule has 0 aromatic heterocycles. The summed E-state index contributed by atoms with van der Waals surface area (Å²) in [5, 5.41) is 11.8. The number of halogens is 1. The maximum atomic E-state index is 11.7. The van der Waals surface area contributed by atoms with Gasteiger partial charge in [-0.2, -0.15) is 0 Å². The Balaban J connectivity index is 0.00000288. The maximum Gasteiger partial charge on any atom is 0.315 e. The summed E-state index contributed by atoms with van der Waals surface area (Å²) in [4.78, 5) is 25.9. The molecular weight excluding hydrogens is 330 g/mol. The van der Waals surface area contributed by atoms with Gasteiger partial charge in [-0.05, 0) is 25.8 Å². The van der Waals surface area contributed by atoms with Crippen molar-refractivity contribution in [1.82, 2.24) is 26.2 Å². The Morgan fingerprint density at radius 1 is 1.04 bits per heavy atom. The lowest BCUT2D eigenvalue weighted by Gasteiger charge is -2.27. The summed E-state index contributed by atoms with van der Waals surface area (Å²) in [6, 6.07) is 0.0405. The highest BCUT2D eigenvalue weighted by Crippen LogP contribution is 2.16. The van der Waals surface area contributed by atoms with Crippen molar-refractivity contribution in [2.75, 3.05) is 45.8 Å². The van der Waals surface area contributed by atoms with E-state index in [2.05, 4.69) is 26.2 Å². The summed E-state index contributed by atoms with van der Waals surface area (Å²) in [5.41, 5.74) is 0. The van der Waals surface area contributed by atoms with Crippen molar-refractivity contribution in [2.45, 2.75) is 44.6 Å². The number of nitrogens with zero attached hydrogens (tertiary/aromatic N) is 1. The molecule has 0 aromatic rings. The van der Waals surface area contributed by atoms with Crippen LogP contribution in [0.25, 0.3) is 0 Å². The van der Waals surface area contributed by atoms with E-state index in [1.165, 1.54) is 19.3 Å². The van der Waals surface area contributed by atoms with Crippen molar-refractivity contribution in [3.8, 4) is 0 Å². The molecule has 0 spiro atoms. The number of carbonyl (C=O) groups is 2. The standard InChI is InChI=1S/C16H31N5O2.ClH/c22-15(18-7-4-10-21-11-8-17-9-12-21)13-19-16(23)20-14-5-2-1-3-6-14;/h14,17H,1-13H2,(H,18,22)(H2,19,20,23);1H. The zero-order valence-electron chi connectivity index (χ0n) is 14.4. The molecule has 7 nitrogen and oxygen atoms in total. The van der Waals surface area contributed by atoms with Gasteiger partial charge in [0.1, 0.15) is 0 Å². The van der Waals surface area contributed by atoms with E-state index in [9.17, 15) is 9.59 Å². The van der Waals surface area contributed by atoms with Gasteiger partial charge in [0.05, 0.1) is 6.54 Å². The molecule has 0 atom stereocenters. The number of amides is 3. The predicted molar refractivity (Wildman–Crippen MR) is 97.6 cm³/mol. The summed E-state index contributed by atoms with van der Waals surface area (Å²) < 4.78 is 0. The van der Waals surface area contributed by atoms with E-state index in [4.69, 9.17) is 0 Å². The average molecular weight is 362 g/mol. The Morgan fingerprint density at radius 2 is 1.75 bits per heavy atom. The van der Waals surface area contributed by atoms with Crippen LogP contribution in [0.2, 0.25) is 0 Å². The largest absolute Gasteiger partial charge is 0.355 e. The second kappa shape index (κ2) is 12.3. The van der Waals surface area contributed by atoms with Crippen LogP contribution < -0.4 is 21.3 Å². The number of carbonyl (C=O) groups excluding carboxylic acids is 2. The van der Waals surface area contributed by atoms with Gasteiger partial charge < -0.3 is 26.2 Å². The van der Waals surface area contributed by atoms with Gasteiger partial charge in [0.25, 0.3) is 0 Å². The van der Waals surface area contributed by atoms with Crippen LogP contribution in [0.5, 0.6) is 0 Å². The number of hydrogen-bond acceptors (Lipinski definition) is 4. The van der Waals surface area contributed by atoms with Crippen LogP contribution in [0.15, 0.2) is 0 Å². The molecule has 1 heterocycles. The van der Waals surface area contributed by atoms with Crippen LogP contribution in [0.3, 0.4) is 0 Å². The van der Waals surface area contributed by atoms with Crippen LogP contribution in [-0.2, 0) is 4.79 Å². The van der Waals surface area contributed by atoms with Crippen molar-refractivity contribution in [3.63, 3.8) is 0 Å². The molecule has 0 aromatic carbocycles. The fourth-order valence-electron chi connectivity index (χ4n) is 3.17. The van der Waals surface area contributed by atoms with Crippen molar-refractivity contribution < 1.29 is 9.59 Å². The number of piperazine rings is 1. The van der Waals surface area contributed by atoms with Crippen molar-refractivity contribution >= 4 is 24.3 Å². The molecule has 0 radical (unpaired) electrons. The first kappa shape index (κ1) is 21.0. The van der Waals surface area contributed by atoms with Gasteiger partial charge in [0, 0.05) is 38.8 Å². The van der Waals surface area contributed by atoms with E-state index in [-0.39, 0.29) is 36.9 Å². The summed E-state index contributed by atoms with van der Waals surface area (Å²) >= 11 is 0. The second-order valence-electron chi connectivity index (χ2n) is 6.46.